The molecular weight excluding hydrogens is 456 g/mol. The summed E-state index contributed by atoms with van der Waals surface area (Å²) >= 11 is 1.41. The second kappa shape index (κ2) is 13.2. The Labute approximate surface area is 202 Å². The number of esters is 1. The summed E-state index contributed by atoms with van der Waals surface area (Å²) in [6.45, 7) is 5.09. The third-order valence-corrected chi connectivity index (χ3v) is 5.37. The Kier molecular flexibility index (Phi) is 9.72. The van der Waals surface area contributed by atoms with Crippen LogP contribution in [0.3, 0.4) is 0 Å². The summed E-state index contributed by atoms with van der Waals surface area (Å²) in [5, 5.41) is 5.19. The first kappa shape index (κ1) is 25.0. The van der Waals surface area contributed by atoms with Crippen LogP contribution in [0.25, 0.3) is 0 Å². The predicted molar refractivity (Wildman–Crippen MR) is 128 cm³/mol. The Bertz CT molecular complexity index is 1050. The van der Waals surface area contributed by atoms with Gasteiger partial charge in [-0.05, 0) is 50.2 Å². The first-order valence-electron chi connectivity index (χ1n) is 10.9. The van der Waals surface area contributed by atoms with Crippen LogP contribution in [0, 0.1) is 6.92 Å². The Hall–Kier alpha value is -3.59. The van der Waals surface area contributed by atoms with Gasteiger partial charge in [-0.2, -0.15) is 0 Å². The molecule has 34 heavy (non-hydrogen) atoms. The van der Waals surface area contributed by atoms with Crippen molar-refractivity contribution in [2.24, 2.45) is 0 Å². The number of carbonyl (C=O) groups excluding carboxylic acids is 2. The van der Waals surface area contributed by atoms with Crippen molar-refractivity contribution in [2.75, 3.05) is 26.4 Å². The monoisotopic (exact) mass is 484 g/mol. The predicted octanol–water partition coefficient (Wildman–Crippen LogP) is 3.71. The molecule has 0 spiro atoms. The molecule has 0 fully saturated rings. The highest BCUT2D eigenvalue weighted by Gasteiger charge is 2.11. The van der Waals surface area contributed by atoms with Crippen molar-refractivity contribution in [3.05, 3.63) is 70.2 Å². The average Bonchev–Trinajstić information content (AvgIpc) is 3.28. The minimum absolute atomic E-state index is 0.00480. The summed E-state index contributed by atoms with van der Waals surface area (Å²) in [6, 6.07) is 15.0. The molecular formula is C25H28N2O6S. The molecule has 0 saturated carbocycles. The Balaban J connectivity index is 1.28. The highest BCUT2D eigenvalue weighted by atomic mass is 32.1. The molecule has 1 N–H and O–H groups in total. The van der Waals surface area contributed by atoms with Crippen molar-refractivity contribution in [3.8, 4) is 17.2 Å². The Morgan fingerprint density at radius 1 is 0.941 bits per heavy atom. The van der Waals surface area contributed by atoms with Gasteiger partial charge in [0.1, 0.15) is 35.5 Å². The van der Waals surface area contributed by atoms with E-state index in [0.29, 0.717) is 37.8 Å². The zero-order valence-corrected chi connectivity index (χ0v) is 20.1. The molecule has 0 radical (unpaired) electrons. The van der Waals surface area contributed by atoms with Gasteiger partial charge in [0.05, 0.1) is 25.3 Å². The SMILES string of the molecule is CCOc1ccc(OCCNC(=O)COC(=O)Cc2csc(COc3ccc(C)cc3)n2)cc1. The van der Waals surface area contributed by atoms with Crippen LogP contribution < -0.4 is 19.5 Å². The second-order valence-electron chi connectivity index (χ2n) is 7.27. The molecule has 3 aromatic rings. The van der Waals surface area contributed by atoms with Gasteiger partial charge in [0.15, 0.2) is 6.61 Å². The molecule has 1 aromatic heterocycles. The largest absolute Gasteiger partial charge is 0.494 e. The molecule has 3 rings (SSSR count). The van der Waals surface area contributed by atoms with E-state index in [2.05, 4.69) is 10.3 Å². The number of thiazole rings is 1. The number of nitrogens with zero attached hydrogens (tertiary/aromatic N) is 1. The van der Waals surface area contributed by atoms with E-state index in [9.17, 15) is 9.59 Å². The Morgan fingerprint density at radius 2 is 1.59 bits per heavy atom. The fraction of sp³-hybridized carbons (Fsp3) is 0.320. The van der Waals surface area contributed by atoms with E-state index in [1.54, 1.807) is 17.5 Å². The number of hydrogen-bond acceptors (Lipinski definition) is 8. The summed E-state index contributed by atoms with van der Waals surface area (Å²) in [5.74, 6) is 1.30. The van der Waals surface area contributed by atoms with Crippen molar-refractivity contribution < 1.29 is 28.5 Å². The quantitative estimate of drug-likeness (QED) is 0.292. The van der Waals surface area contributed by atoms with Crippen molar-refractivity contribution in [2.45, 2.75) is 26.9 Å². The van der Waals surface area contributed by atoms with Crippen LogP contribution in [0.1, 0.15) is 23.2 Å². The van der Waals surface area contributed by atoms with Gasteiger partial charge in [-0.1, -0.05) is 17.7 Å². The zero-order valence-electron chi connectivity index (χ0n) is 19.2. The van der Waals surface area contributed by atoms with E-state index in [0.717, 1.165) is 22.1 Å². The highest BCUT2D eigenvalue weighted by molar-refractivity contribution is 7.09. The lowest BCUT2D eigenvalue weighted by molar-refractivity contribution is -0.147. The molecule has 9 heteroatoms. The number of benzene rings is 2. The molecule has 0 aliphatic heterocycles. The smallest absolute Gasteiger partial charge is 0.312 e. The number of aromatic nitrogens is 1. The standard InChI is InChI=1S/C25H28N2O6S/c1-3-30-20-8-10-21(11-9-20)31-13-12-26-23(28)15-33-25(29)14-19-17-34-24(27-19)16-32-22-6-4-18(2)5-7-22/h4-11,17H,3,12-16H2,1-2H3,(H,26,28). The maximum Gasteiger partial charge on any atom is 0.312 e. The van der Waals surface area contributed by atoms with E-state index in [4.69, 9.17) is 18.9 Å². The second-order valence-corrected chi connectivity index (χ2v) is 8.22. The maximum absolute atomic E-state index is 12.0. The van der Waals surface area contributed by atoms with E-state index >= 15 is 0 Å². The molecule has 2 aromatic carbocycles. The van der Waals surface area contributed by atoms with Crippen LogP contribution in [0.15, 0.2) is 53.9 Å². The molecule has 0 aliphatic carbocycles. The summed E-state index contributed by atoms with van der Waals surface area (Å²) in [5.41, 5.74) is 1.75. The highest BCUT2D eigenvalue weighted by Crippen LogP contribution is 2.18. The minimum Gasteiger partial charge on any atom is -0.494 e. The lowest BCUT2D eigenvalue weighted by Gasteiger charge is -2.09. The van der Waals surface area contributed by atoms with Crippen molar-refractivity contribution in [3.63, 3.8) is 0 Å². The van der Waals surface area contributed by atoms with Gasteiger partial charge in [-0.3, -0.25) is 9.59 Å². The van der Waals surface area contributed by atoms with Gasteiger partial charge < -0.3 is 24.3 Å². The number of amides is 1. The van der Waals surface area contributed by atoms with E-state index in [1.807, 2.05) is 50.2 Å². The van der Waals surface area contributed by atoms with Crippen LogP contribution in [-0.2, 0) is 27.4 Å². The molecule has 0 unspecified atom stereocenters. The van der Waals surface area contributed by atoms with Crippen LogP contribution in [-0.4, -0.2) is 43.2 Å². The number of carbonyl (C=O) groups is 2. The molecule has 0 atom stereocenters. The van der Waals surface area contributed by atoms with Gasteiger partial charge in [-0.15, -0.1) is 11.3 Å². The number of ether oxygens (including phenoxy) is 4. The fourth-order valence-electron chi connectivity index (χ4n) is 2.83. The molecule has 1 heterocycles. The normalized spacial score (nSPS) is 10.4. The fourth-order valence-corrected chi connectivity index (χ4v) is 3.54. The van der Waals surface area contributed by atoms with Gasteiger partial charge in [-0.25, -0.2) is 4.98 Å². The first-order chi connectivity index (χ1) is 16.5. The minimum atomic E-state index is -0.517. The van der Waals surface area contributed by atoms with Gasteiger partial charge in [0.25, 0.3) is 5.91 Å². The summed E-state index contributed by atoms with van der Waals surface area (Å²) in [7, 11) is 0. The van der Waals surface area contributed by atoms with E-state index in [-0.39, 0.29) is 13.0 Å². The van der Waals surface area contributed by atoms with Crippen molar-refractivity contribution in [1.82, 2.24) is 10.3 Å². The average molecular weight is 485 g/mol. The maximum atomic E-state index is 12.0. The number of rotatable bonds is 13. The summed E-state index contributed by atoms with van der Waals surface area (Å²) in [6.07, 6.45) is -0.00480. The van der Waals surface area contributed by atoms with Crippen molar-refractivity contribution in [1.29, 1.82) is 0 Å². The molecule has 0 bridgehead atoms. The third kappa shape index (κ3) is 8.74. The molecule has 0 aliphatic rings. The molecule has 1 amide bonds. The zero-order chi connectivity index (χ0) is 24.2. The summed E-state index contributed by atoms with van der Waals surface area (Å²) in [4.78, 5) is 28.3. The lowest BCUT2D eigenvalue weighted by Crippen LogP contribution is -2.32. The molecule has 180 valence electrons. The number of nitrogens with one attached hydrogen (secondary N) is 1. The van der Waals surface area contributed by atoms with Gasteiger partial charge in [0, 0.05) is 5.38 Å². The summed E-state index contributed by atoms with van der Waals surface area (Å²) < 4.78 is 21.7. The number of aryl methyl sites for hydroxylation is 1. The van der Waals surface area contributed by atoms with Gasteiger partial charge >= 0.3 is 5.97 Å². The Morgan fingerprint density at radius 3 is 2.29 bits per heavy atom. The molecule has 8 nitrogen and oxygen atoms in total. The van der Waals surface area contributed by atoms with Crippen LogP contribution in [0.2, 0.25) is 0 Å². The topological polar surface area (TPSA) is 96.0 Å². The van der Waals surface area contributed by atoms with Crippen LogP contribution in [0.4, 0.5) is 0 Å². The number of hydrogen-bond donors (Lipinski definition) is 1. The van der Waals surface area contributed by atoms with Crippen molar-refractivity contribution >= 4 is 23.2 Å². The first-order valence-corrected chi connectivity index (χ1v) is 11.8. The van der Waals surface area contributed by atoms with E-state index < -0.39 is 11.9 Å². The van der Waals surface area contributed by atoms with Crippen LogP contribution >= 0.6 is 11.3 Å². The lowest BCUT2D eigenvalue weighted by atomic mass is 10.2. The van der Waals surface area contributed by atoms with E-state index in [1.165, 1.54) is 11.3 Å². The van der Waals surface area contributed by atoms with Crippen LogP contribution in [0.5, 0.6) is 17.2 Å². The molecule has 0 saturated heterocycles. The van der Waals surface area contributed by atoms with Gasteiger partial charge in [0.2, 0.25) is 0 Å². The third-order valence-electron chi connectivity index (χ3n) is 4.50.